The minimum absolute atomic E-state index is 0.00403. The molecule has 3 aromatic rings. The molecule has 0 amide bonds. The molecule has 29 heavy (non-hydrogen) atoms. The van der Waals surface area contributed by atoms with E-state index in [0.29, 0.717) is 11.4 Å². The number of benzene rings is 2. The van der Waals surface area contributed by atoms with E-state index in [1.54, 1.807) is 18.2 Å². The Balaban J connectivity index is 2.06. The highest BCUT2D eigenvalue weighted by Crippen LogP contribution is 2.30. The number of hydrogen-bond acceptors (Lipinski definition) is 6. The number of rotatable bonds is 5. The first kappa shape index (κ1) is 20.5. The molecule has 0 aliphatic heterocycles. The maximum Gasteiger partial charge on any atom is 0.340 e. The fourth-order valence-electron chi connectivity index (χ4n) is 2.56. The standard InChI is InChI=1S/C20H21N3O5S/c1-14-5-11-17(12-6-14)29(26,27)28-19-13-18(20(2,3)4)21-22(19)15-7-9-16(10-8-15)23(24)25/h5-13H,1-4H3. The zero-order chi connectivity index (χ0) is 21.4. The lowest BCUT2D eigenvalue weighted by Crippen LogP contribution is -2.13. The first-order valence-electron chi connectivity index (χ1n) is 8.84. The molecule has 3 rings (SSSR count). The highest BCUT2D eigenvalue weighted by atomic mass is 32.2. The first-order chi connectivity index (χ1) is 13.5. The van der Waals surface area contributed by atoms with Gasteiger partial charge in [0.1, 0.15) is 4.90 Å². The van der Waals surface area contributed by atoms with E-state index in [2.05, 4.69) is 5.10 Å². The Bertz CT molecular complexity index is 1140. The van der Waals surface area contributed by atoms with Gasteiger partial charge in [0.25, 0.3) is 5.69 Å². The maximum atomic E-state index is 12.7. The van der Waals surface area contributed by atoms with Crippen molar-refractivity contribution in [2.24, 2.45) is 0 Å². The SMILES string of the molecule is Cc1ccc(S(=O)(=O)Oc2cc(C(C)(C)C)nn2-c2ccc([N+](=O)[O-])cc2)cc1. The first-order valence-corrected chi connectivity index (χ1v) is 10.2. The summed E-state index contributed by atoms with van der Waals surface area (Å²) >= 11 is 0. The second-order valence-electron chi connectivity index (χ2n) is 7.65. The van der Waals surface area contributed by atoms with E-state index in [1.807, 2.05) is 27.7 Å². The topological polar surface area (TPSA) is 104 Å². The summed E-state index contributed by atoms with van der Waals surface area (Å²) < 4.78 is 32.2. The van der Waals surface area contributed by atoms with E-state index in [1.165, 1.54) is 41.1 Å². The van der Waals surface area contributed by atoms with E-state index in [-0.39, 0.29) is 21.9 Å². The molecule has 0 spiro atoms. The molecule has 8 nitrogen and oxygen atoms in total. The van der Waals surface area contributed by atoms with Crippen molar-refractivity contribution in [1.82, 2.24) is 9.78 Å². The second-order valence-corrected chi connectivity index (χ2v) is 9.20. The third-order valence-electron chi connectivity index (χ3n) is 4.25. The van der Waals surface area contributed by atoms with Gasteiger partial charge in [-0.3, -0.25) is 10.1 Å². The van der Waals surface area contributed by atoms with Crippen molar-refractivity contribution in [2.45, 2.75) is 38.0 Å². The largest absolute Gasteiger partial charge is 0.358 e. The Kier molecular flexibility index (Phi) is 5.18. The summed E-state index contributed by atoms with van der Waals surface area (Å²) in [7, 11) is -4.08. The van der Waals surface area contributed by atoms with Gasteiger partial charge in [-0.15, -0.1) is 0 Å². The molecule has 0 atom stereocenters. The van der Waals surface area contributed by atoms with Gasteiger partial charge in [-0.2, -0.15) is 18.2 Å². The number of aryl methyl sites for hydroxylation is 1. The van der Waals surface area contributed by atoms with Gasteiger partial charge in [0.05, 0.1) is 16.3 Å². The van der Waals surface area contributed by atoms with Gasteiger partial charge in [-0.1, -0.05) is 38.5 Å². The van der Waals surface area contributed by atoms with E-state index < -0.39 is 15.0 Å². The number of nitro benzene ring substituents is 1. The van der Waals surface area contributed by atoms with Crippen LogP contribution in [0.2, 0.25) is 0 Å². The van der Waals surface area contributed by atoms with Gasteiger partial charge < -0.3 is 4.18 Å². The zero-order valence-electron chi connectivity index (χ0n) is 16.5. The van der Waals surface area contributed by atoms with Crippen molar-refractivity contribution in [3.63, 3.8) is 0 Å². The Morgan fingerprint density at radius 3 is 2.14 bits per heavy atom. The van der Waals surface area contributed by atoms with Crippen LogP contribution in [0, 0.1) is 17.0 Å². The Hall–Kier alpha value is -3.20. The van der Waals surface area contributed by atoms with Gasteiger partial charge in [0, 0.05) is 23.6 Å². The number of nitrogens with zero attached hydrogens (tertiary/aromatic N) is 3. The summed E-state index contributed by atoms with van der Waals surface area (Å²) in [6.45, 7) is 7.67. The number of nitro groups is 1. The molecule has 0 aliphatic carbocycles. The lowest BCUT2D eigenvalue weighted by atomic mass is 9.93. The average molecular weight is 415 g/mol. The molecular weight excluding hydrogens is 394 g/mol. The monoisotopic (exact) mass is 415 g/mol. The molecule has 0 radical (unpaired) electrons. The van der Waals surface area contributed by atoms with Gasteiger partial charge >= 0.3 is 10.1 Å². The van der Waals surface area contributed by atoms with Crippen LogP contribution in [0.3, 0.4) is 0 Å². The molecule has 1 heterocycles. The number of aromatic nitrogens is 2. The number of hydrogen-bond donors (Lipinski definition) is 0. The van der Waals surface area contributed by atoms with Crippen molar-refractivity contribution < 1.29 is 17.5 Å². The van der Waals surface area contributed by atoms with Crippen molar-refractivity contribution >= 4 is 15.8 Å². The minimum Gasteiger partial charge on any atom is -0.358 e. The van der Waals surface area contributed by atoms with Crippen LogP contribution >= 0.6 is 0 Å². The molecule has 0 saturated carbocycles. The maximum absolute atomic E-state index is 12.7. The van der Waals surface area contributed by atoms with Crippen LogP contribution in [0.1, 0.15) is 32.0 Å². The summed E-state index contributed by atoms with van der Waals surface area (Å²) in [5.41, 5.74) is 1.55. The van der Waals surface area contributed by atoms with Crippen molar-refractivity contribution in [1.29, 1.82) is 0 Å². The molecule has 152 valence electrons. The quantitative estimate of drug-likeness (QED) is 0.352. The molecule has 0 bridgehead atoms. The second kappa shape index (κ2) is 7.32. The van der Waals surface area contributed by atoms with Gasteiger partial charge in [-0.25, -0.2) is 0 Å². The van der Waals surface area contributed by atoms with Crippen molar-refractivity contribution in [2.75, 3.05) is 0 Å². The molecule has 0 saturated heterocycles. The van der Waals surface area contributed by atoms with Crippen LogP contribution in [-0.4, -0.2) is 23.1 Å². The molecule has 0 aliphatic rings. The van der Waals surface area contributed by atoms with Crippen LogP contribution in [0.15, 0.2) is 59.5 Å². The predicted octanol–water partition coefficient (Wildman–Crippen LogP) is 4.15. The molecule has 0 unspecified atom stereocenters. The van der Waals surface area contributed by atoms with Crippen molar-refractivity contribution in [3.8, 4) is 11.6 Å². The van der Waals surface area contributed by atoms with E-state index >= 15 is 0 Å². The third-order valence-corrected chi connectivity index (χ3v) is 5.49. The fourth-order valence-corrected chi connectivity index (χ4v) is 3.46. The van der Waals surface area contributed by atoms with E-state index in [0.717, 1.165) is 5.56 Å². The van der Waals surface area contributed by atoms with E-state index in [9.17, 15) is 18.5 Å². The lowest BCUT2D eigenvalue weighted by molar-refractivity contribution is -0.384. The molecule has 1 aromatic heterocycles. The van der Waals surface area contributed by atoms with E-state index in [4.69, 9.17) is 4.18 Å². The molecule has 0 N–H and O–H groups in total. The lowest BCUT2D eigenvalue weighted by Gasteiger charge is -2.13. The predicted molar refractivity (Wildman–Crippen MR) is 108 cm³/mol. The highest BCUT2D eigenvalue weighted by Gasteiger charge is 2.25. The van der Waals surface area contributed by atoms with Crippen LogP contribution in [0.5, 0.6) is 5.88 Å². The van der Waals surface area contributed by atoms with Gasteiger partial charge in [0.2, 0.25) is 5.88 Å². The Morgan fingerprint density at radius 1 is 1.03 bits per heavy atom. The number of non-ortho nitro benzene ring substituents is 1. The smallest absolute Gasteiger partial charge is 0.340 e. The summed E-state index contributed by atoms with van der Waals surface area (Å²) in [6.07, 6.45) is 0. The summed E-state index contributed by atoms with van der Waals surface area (Å²) in [5.74, 6) is 0.00403. The van der Waals surface area contributed by atoms with Crippen LogP contribution < -0.4 is 4.18 Å². The zero-order valence-corrected chi connectivity index (χ0v) is 17.3. The fraction of sp³-hybridized carbons (Fsp3) is 0.250. The normalized spacial score (nSPS) is 12.0. The third kappa shape index (κ3) is 4.45. The highest BCUT2D eigenvalue weighted by molar-refractivity contribution is 7.87. The minimum atomic E-state index is -4.08. The van der Waals surface area contributed by atoms with Gasteiger partial charge in [-0.05, 0) is 31.2 Å². The van der Waals surface area contributed by atoms with Crippen LogP contribution in [0.4, 0.5) is 5.69 Å². The summed E-state index contributed by atoms with van der Waals surface area (Å²) in [6, 6.07) is 13.5. The summed E-state index contributed by atoms with van der Waals surface area (Å²) in [4.78, 5) is 10.4. The van der Waals surface area contributed by atoms with Crippen LogP contribution in [-0.2, 0) is 15.5 Å². The molecule has 2 aromatic carbocycles. The summed E-state index contributed by atoms with van der Waals surface area (Å²) in [5, 5.41) is 15.4. The molecule has 9 heteroatoms. The Labute approximate surface area is 169 Å². The van der Waals surface area contributed by atoms with Gasteiger partial charge in [0.15, 0.2) is 0 Å². The molecular formula is C20H21N3O5S. The molecule has 0 fully saturated rings. The van der Waals surface area contributed by atoms with Crippen molar-refractivity contribution in [3.05, 3.63) is 76.0 Å². The Morgan fingerprint density at radius 2 is 1.62 bits per heavy atom. The van der Waals surface area contributed by atoms with Crippen LogP contribution in [0.25, 0.3) is 5.69 Å². The average Bonchev–Trinajstić information content (AvgIpc) is 3.05.